The predicted molar refractivity (Wildman–Crippen MR) is 53.4 cm³/mol. The maximum atomic E-state index is 10.6. The van der Waals surface area contributed by atoms with E-state index in [2.05, 4.69) is 11.6 Å². The molecule has 0 fully saturated rings. The van der Waals surface area contributed by atoms with Crippen LogP contribution in [0.4, 0.5) is 5.69 Å². The van der Waals surface area contributed by atoms with E-state index in [1.807, 2.05) is 0 Å². The van der Waals surface area contributed by atoms with Crippen molar-refractivity contribution in [2.45, 2.75) is 0 Å². The zero-order chi connectivity index (χ0) is 10.6. The first kappa shape index (κ1) is 9.98. The Morgan fingerprint density at radius 3 is 2.79 bits per heavy atom. The summed E-state index contributed by atoms with van der Waals surface area (Å²) in [5.74, 6) is -1.45. The third-order valence-corrected chi connectivity index (χ3v) is 1.54. The second-order valence-electron chi connectivity index (χ2n) is 2.52. The van der Waals surface area contributed by atoms with Crippen LogP contribution in [0.3, 0.4) is 0 Å². The average Bonchev–Trinajstić information content (AvgIpc) is 2.16. The third kappa shape index (κ3) is 2.20. The molecule has 4 heteroatoms. The Morgan fingerprint density at radius 1 is 1.50 bits per heavy atom. The first-order chi connectivity index (χ1) is 6.65. The first-order valence-corrected chi connectivity index (χ1v) is 3.86. The van der Waals surface area contributed by atoms with Crippen LogP contribution in [0.1, 0.15) is 10.4 Å². The number of aromatic carboxylic acids is 1. The van der Waals surface area contributed by atoms with Gasteiger partial charge in [0.2, 0.25) is 0 Å². The van der Waals surface area contributed by atoms with E-state index in [4.69, 9.17) is 5.11 Å². The van der Waals surface area contributed by atoms with Crippen LogP contribution in [0.5, 0.6) is 5.75 Å². The quantitative estimate of drug-likeness (QED) is 0.717. The number of carboxylic acid groups (broad SMARTS) is 1. The van der Waals surface area contributed by atoms with Crippen molar-refractivity contribution in [3.05, 3.63) is 36.4 Å². The molecule has 72 valence electrons. The molecule has 1 aromatic carbocycles. The molecule has 1 aromatic rings. The van der Waals surface area contributed by atoms with Gasteiger partial charge in [0, 0.05) is 6.21 Å². The second kappa shape index (κ2) is 4.23. The summed E-state index contributed by atoms with van der Waals surface area (Å²) in [7, 11) is 0. The minimum absolute atomic E-state index is 0.163. The van der Waals surface area contributed by atoms with Crippen molar-refractivity contribution in [2.24, 2.45) is 4.99 Å². The molecule has 0 amide bonds. The van der Waals surface area contributed by atoms with Crippen LogP contribution >= 0.6 is 0 Å². The fourth-order valence-electron chi connectivity index (χ4n) is 0.914. The molecule has 4 nitrogen and oxygen atoms in total. The summed E-state index contributed by atoms with van der Waals surface area (Å²) in [6.07, 6.45) is 2.92. The van der Waals surface area contributed by atoms with Crippen molar-refractivity contribution in [3.63, 3.8) is 0 Å². The zero-order valence-corrected chi connectivity index (χ0v) is 7.34. The standard InChI is InChI=1S/C10H9NO3/c1-2-5-11-7-3-4-9(12)8(6-7)10(13)14/h2-6,12H,1H2,(H,13,14). The highest BCUT2D eigenvalue weighted by atomic mass is 16.4. The largest absolute Gasteiger partial charge is 0.507 e. The number of benzene rings is 1. The van der Waals surface area contributed by atoms with E-state index in [1.54, 1.807) is 0 Å². The molecule has 0 unspecified atom stereocenters. The molecule has 0 atom stereocenters. The van der Waals surface area contributed by atoms with Crippen LogP contribution < -0.4 is 0 Å². The lowest BCUT2D eigenvalue weighted by atomic mass is 10.2. The number of carboxylic acids is 1. The van der Waals surface area contributed by atoms with Gasteiger partial charge in [0.15, 0.2) is 0 Å². The fourth-order valence-corrected chi connectivity index (χ4v) is 0.914. The Balaban J connectivity index is 3.12. The Kier molecular flexibility index (Phi) is 3.01. The van der Waals surface area contributed by atoms with Gasteiger partial charge in [-0.25, -0.2) is 4.79 Å². The molecule has 1 rings (SSSR count). The highest BCUT2D eigenvalue weighted by Gasteiger charge is 2.09. The fraction of sp³-hybridized carbons (Fsp3) is 0. The number of aliphatic imine (C=N–C) groups is 1. The van der Waals surface area contributed by atoms with Crippen molar-refractivity contribution in [3.8, 4) is 5.75 Å². The van der Waals surface area contributed by atoms with E-state index in [0.717, 1.165) is 0 Å². The summed E-state index contributed by atoms with van der Waals surface area (Å²) in [6.45, 7) is 3.44. The number of allylic oxidation sites excluding steroid dienone is 1. The van der Waals surface area contributed by atoms with Crippen LogP contribution in [0.15, 0.2) is 35.8 Å². The monoisotopic (exact) mass is 191 g/mol. The van der Waals surface area contributed by atoms with Gasteiger partial charge in [-0.05, 0) is 18.2 Å². The number of nitrogens with zero attached hydrogens (tertiary/aromatic N) is 1. The number of rotatable bonds is 3. The predicted octanol–water partition coefficient (Wildman–Crippen LogP) is 1.98. The van der Waals surface area contributed by atoms with E-state index < -0.39 is 5.97 Å². The van der Waals surface area contributed by atoms with Crippen LogP contribution in [-0.4, -0.2) is 22.4 Å². The molecule has 14 heavy (non-hydrogen) atoms. The van der Waals surface area contributed by atoms with E-state index in [1.165, 1.54) is 30.5 Å². The highest BCUT2D eigenvalue weighted by Crippen LogP contribution is 2.22. The Morgan fingerprint density at radius 2 is 2.21 bits per heavy atom. The molecule has 0 radical (unpaired) electrons. The van der Waals surface area contributed by atoms with Gasteiger partial charge in [-0.1, -0.05) is 12.7 Å². The van der Waals surface area contributed by atoms with Crippen molar-refractivity contribution >= 4 is 17.9 Å². The van der Waals surface area contributed by atoms with Gasteiger partial charge >= 0.3 is 5.97 Å². The number of hydrogen-bond donors (Lipinski definition) is 2. The third-order valence-electron chi connectivity index (χ3n) is 1.54. The minimum atomic E-state index is -1.18. The summed E-state index contributed by atoms with van der Waals surface area (Å²) in [6, 6.07) is 4.10. The van der Waals surface area contributed by atoms with Crippen molar-refractivity contribution in [2.75, 3.05) is 0 Å². The summed E-state index contributed by atoms with van der Waals surface area (Å²) in [5, 5.41) is 17.9. The maximum absolute atomic E-state index is 10.6. The van der Waals surface area contributed by atoms with Crippen LogP contribution in [0, 0.1) is 0 Å². The van der Waals surface area contributed by atoms with E-state index in [0.29, 0.717) is 5.69 Å². The molecule has 0 aliphatic carbocycles. The van der Waals surface area contributed by atoms with Crippen molar-refractivity contribution < 1.29 is 15.0 Å². The lowest BCUT2D eigenvalue weighted by molar-refractivity contribution is 0.0694. The molecule has 0 bridgehead atoms. The molecule has 2 N–H and O–H groups in total. The van der Waals surface area contributed by atoms with Crippen LogP contribution in [0.2, 0.25) is 0 Å². The molecule has 0 aliphatic heterocycles. The maximum Gasteiger partial charge on any atom is 0.339 e. The molecular formula is C10H9NO3. The van der Waals surface area contributed by atoms with Gasteiger partial charge in [0.25, 0.3) is 0 Å². The summed E-state index contributed by atoms with van der Waals surface area (Å²) < 4.78 is 0. The molecule has 0 heterocycles. The normalized spacial score (nSPS) is 10.3. The van der Waals surface area contributed by atoms with Gasteiger partial charge in [-0.2, -0.15) is 0 Å². The number of phenols is 1. The first-order valence-electron chi connectivity index (χ1n) is 3.86. The summed E-state index contributed by atoms with van der Waals surface area (Å²) in [4.78, 5) is 14.5. The molecule has 0 aromatic heterocycles. The second-order valence-corrected chi connectivity index (χ2v) is 2.52. The van der Waals surface area contributed by atoms with Gasteiger partial charge in [0.05, 0.1) is 5.69 Å². The van der Waals surface area contributed by atoms with Crippen LogP contribution in [-0.2, 0) is 0 Å². The van der Waals surface area contributed by atoms with Crippen molar-refractivity contribution in [1.29, 1.82) is 0 Å². The molecular weight excluding hydrogens is 182 g/mol. The Hall–Kier alpha value is -2.10. The average molecular weight is 191 g/mol. The topological polar surface area (TPSA) is 69.9 Å². The van der Waals surface area contributed by atoms with E-state index in [9.17, 15) is 9.90 Å². The lowest BCUT2D eigenvalue weighted by Crippen LogP contribution is -1.95. The SMILES string of the molecule is C=CC=Nc1ccc(O)c(C(=O)O)c1. The van der Waals surface area contributed by atoms with Crippen molar-refractivity contribution in [1.82, 2.24) is 0 Å². The minimum Gasteiger partial charge on any atom is -0.507 e. The Labute approximate surface area is 80.8 Å². The smallest absolute Gasteiger partial charge is 0.339 e. The summed E-state index contributed by atoms with van der Waals surface area (Å²) in [5.41, 5.74) is 0.295. The van der Waals surface area contributed by atoms with E-state index in [-0.39, 0.29) is 11.3 Å². The Bertz CT molecular complexity index is 396. The van der Waals surface area contributed by atoms with Gasteiger partial charge in [0.1, 0.15) is 11.3 Å². The molecule has 0 aliphatic rings. The van der Waals surface area contributed by atoms with Gasteiger partial charge < -0.3 is 10.2 Å². The molecule has 0 spiro atoms. The zero-order valence-electron chi connectivity index (χ0n) is 7.34. The highest BCUT2D eigenvalue weighted by molar-refractivity contribution is 5.92. The summed E-state index contributed by atoms with van der Waals surface area (Å²) >= 11 is 0. The number of hydrogen-bond acceptors (Lipinski definition) is 3. The van der Waals surface area contributed by atoms with Gasteiger partial charge in [-0.15, -0.1) is 0 Å². The van der Waals surface area contributed by atoms with E-state index >= 15 is 0 Å². The molecule has 0 saturated carbocycles. The number of aromatic hydroxyl groups is 1. The van der Waals surface area contributed by atoms with Crippen LogP contribution in [0.25, 0.3) is 0 Å². The lowest BCUT2D eigenvalue weighted by Gasteiger charge is -1.99. The number of carbonyl (C=O) groups is 1. The molecule has 0 saturated heterocycles. The van der Waals surface area contributed by atoms with Gasteiger partial charge in [-0.3, -0.25) is 4.99 Å².